The van der Waals surface area contributed by atoms with Gasteiger partial charge in [-0.05, 0) is 25.3 Å². The second-order valence-corrected chi connectivity index (χ2v) is 4.73. The van der Waals surface area contributed by atoms with Crippen LogP contribution in [0, 0.1) is 0 Å². The van der Waals surface area contributed by atoms with Gasteiger partial charge in [-0.25, -0.2) is 0 Å². The van der Waals surface area contributed by atoms with Crippen LogP contribution in [0.15, 0.2) is 17.5 Å². The van der Waals surface area contributed by atoms with Crippen LogP contribution in [0.3, 0.4) is 0 Å². The molecule has 0 aliphatic carbocycles. The Morgan fingerprint density at radius 3 is 2.86 bits per heavy atom. The number of halogens is 1. The number of nitrogens with zero attached hydrogens (tertiary/aromatic N) is 1. The SMILES string of the molecule is CCN(Cc1cccs1)C(=O)C(C)Cl. The van der Waals surface area contributed by atoms with Crippen LogP contribution in [0.4, 0.5) is 0 Å². The van der Waals surface area contributed by atoms with E-state index >= 15 is 0 Å². The first kappa shape index (κ1) is 11.5. The highest BCUT2D eigenvalue weighted by Gasteiger charge is 2.17. The van der Waals surface area contributed by atoms with E-state index in [0.29, 0.717) is 13.1 Å². The third-order valence-corrected chi connectivity index (χ3v) is 3.01. The van der Waals surface area contributed by atoms with Crippen molar-refractivity contribution in [3.8, 4) is 0 Å². The number of hydrogen-bond acceptors (Lipinski definition) is 2. The summed E-state index contributed by atoms with van der Waals surface area (Å²) in [6.45, 7) is 5.05. The maximum atomic E-state index is 11.6. The van der Waals surface area contributed by atoms with Crippen molar-refractivity contribution in [1.29, 1.82) is 0 Å². The summed E-state index contributed by atoms with van der Waals surface area (Å²) in [5.74, 6) is 0.00238. The first-order chi connectivity index (χ1) is 6.65. The summed E-state index contributed by atoms with van der Waals surface area (Å²) in [5, 5.41) is 1.58. The average molecular weight is 232 g/mol. The number of amides is 1. The first-order valence-corrected chi connectivity index (χ1v) is 5.92. The summed E-state index contributed by atoms with van der Waals surface area (Å²) in [6, 6.07) is 4.02. The molecule has 0 radical (unpaired) electrons. The number of carbonyl (C=O) groups excluding carboxylic acids is 1. The Kier molecular flexibility index (Phi) is 4.42. The van der Waals surface area contributed by atoms with E-state index in [1.54, 1.807) is 23.2 Å². The van der Waals surface area contributed by atoms with Gasteiger partial charge in [-0.2, -0.15) is 0 Å². The molecule has 0 saturated carbocycles. The molecule has 4 heteroatoms. The molecule has 0 aliphatic heterocycles. The molecule has 1 aromatic rings. The fourth-order valence-corrected chi connectivity index (χ4v) is 2.05. The molecule has 1 aromatic heterocycles. The molecular formula is C10H14ClNOS. The van der Waals surface area contributed by atoms with Gasteiger partial charge in [0, 0.05) is 11.4 Å². The van der Waals surface area contributed by atoms with Crippen molar-refractivity contribution in [3.63, 3.8) is 0 Å². The van der Waals surface area contributed by atoms with Crippen molar-refractivity contribution in [2.75, 3.05) is 6.54 Å². The molecule has 1 atom stereocenters. The molecule has 0 saturated heterocycles. The average Bonchev–Trinajstić information content (AvgIpc) is 2.65. The van der Waals surface area contributed by atoms with Crippen molar-refractivity contribution >= 4 is 28.8 Å². The topological polar surface area (TPSA) is 20.3 Å². The Hall–Kier alpha value is -0.540. The van der Waals surface area contributed by atoms with Crippen LogP contribution in [0.2, 0.25) is 0 Å². The van der Waals surface area contributed by atoms with Gasteiger partial charge in [0.25, 0.3) is 0 Å². The maximum absolute atomic E-state index is 11.6. The molecule has 0 aromatic carbocycles. The summed E-state index contributed by atoms with van der Waals surface area (Å²) < 4.78 is 0. The highest BCUT2D eigenvalue weighted by Crippen LogP contribution is 2.13. The fourth-order valence-electron chi connectivity index (χ4n) is 1.19. The quantitative estimate of drug-likeness (QED) is 0.730. The van der Waals surface area contributed by atoms with Gasteiger partial charge >= 0.3 is 0 Å². The maximum Gasteiger partial charge on any atom is 0.240 e. The molecule has 0 spiro atoms. The second-order valence-electron chi connectivity index (χ2n) is 3.05. The van der Waals surface area contributed by atoms with Crippen LogP contribution in [0.25, 0.3) is 0 Å². The van der Waals surface area contributed by atoms with Crippen molar-refractivity contribution in [2.24, 2.45) is 0 Å². The van der Waals surface area contributed by atoms with Gasteiger partial charge in [0.2, 0.25) is 5.91 Å². The van der Waals surface area contributed by atoms with Crippen LogP contribution in [0.5, 0.6) is 0 Å². The van der Waals surface area contributed by atoms with Gasteiger partial charge in [0.05, 0.1) is 6.54 Å². The second kappa shape index (κ2) is 5.37. The zero-order chi connectivity index (χ0) is 10.6. The molecule has 0 bridgehead atoms. The van der Waals surface area contributed by atoms with E-state index in [-0.39, 0.29) is 5.91 Å². The number of carbonyl (C=O) groups is 1. The van der Waals surface area contributed by atoms with E-state index in [4.69, 9.17) is 11.6 Å². The minimum atomic E-state index is -0.435. The van der Waals surface area contributed by atoms with Gasteiger partial charge in [-0.1, -0.05) is 6.07 Å². The summed E-state index contributed by atoms with van der Waals surface area (Å²) in [7, 11) is 0. The number of hydrogen-bond donors (Lipinski definition) is 0. The Bertz CT molecular complexity index is 284. The normalized spacial score (nSPS) is 12.5. The minimum absolute atomic E-state index is 0.00238. The third kappa shape index (κ3) is 3.00. The van der Waals surface area contributed by atoms with Crippen LogP contribution in [0.1, 0.15) is 18.7 Å². The Labute approximate surface area is 93.5 Å². The third-order valence-electron chi connectivity index (χ3n) is 1.96. The standard InChI is InChI=1S/C10H14ClNOS/c1-3-12(10(13)8(2)11)7-9-5-4-6-14-9/h4-6,8H,3,7H2,1-2H3. The van der Waals surface area contributed by atoms with E-state index in [1.807, 2.05) is 24.4 Å². The molecule has 1 heterocycles. The lowest BCUT2D eigenvalue weighted by molar-refractivity contribution is -0.130. The molecule has 78 valence electrons. The summed E-state index contributed by atoms with van der Waals surface area (Å²) in [5.41, 5.74) is 0. The van der Waals surface area contributed by atoms with E-state index in [1.165, 1.54) is 4.88 Å². The number of rotatable bonds is 4. The largest absolute Gasteiger partial charge is 0.337 e. The smallest absolute Gasteiger partial charge is 0.240 e. The van der Waals surface area contributed by atoms with Crippen LogP contribution >= 0.6 is 22.9 Å². The lowest BCUT2D eigenvalue weighted by Gasteiger charge is -2.21. The van der Waals surface area contributed by atoms with Crippen molar-refractivity contribution < 1.29 is 4.79 Å². The zero-order valence-electron chi connectivity index (χ0n) is 8.37. The van der Waals surface area contributed by atoms with E-state index < -0.39 is 5.38 Å². The molecule has 1 rings (SSSR count). The van der Waals surface area contributed by atoms with Gasteiger partial charge in [0.15, 0.2) is 0 Å². The Morgan fingerprint density at radius 2 is 2.43 bits per heavy atom. The van der Waals surface area contributed by atoms with Gasteiger partial charge in [-0.3, -0.25) is 4.79 Å². The van der Waals surface area contributed by atoms with E-state index in [0.717, 1.165) is 0 Å². The van der Waals surface area contributed by atoms with Crippen LogP contribution in [-0.4, -0.2) is 22.7 Å². The zero-order valence-corrected chi connectivity index (χ0v) is 9.94. The van der Waals surface area contributed by atoms with E-state index in [9.17, 15) is 4.79 Å². The van der Waals surface area contributed by atoms with Gasteiger partial charge in [0.1, 0.15) is 5.38 Å². The number of alkyl halides is 1. The highest BCUT2D eigenvalue weighted by molar-refractivity contribution is 7.09. The molecule has 2 nitrogen and oxygen atoms in total. The molecule has 14 heavy (non-hydrogen) atoms. The van der Waals surface area contributed by atoms with Gasteiger partial charge < -0.3 is 4.90 Å². The Balaban J connectivity index is 2.60. The minimum Gasteiger partial charge on any atom is -0.337 e. The lowest BCUT2D eigenvalue weighted by atomic mass is 10.3. The van der Waals surface area contributed by atoms with Gasteiger partial charge in [-0.15, -0.1) is 22.9 Å². The summed E-state index contributed by atoms with van der Waals surface area (Å²) in [4.78, 5) is 14.6. The fraction of sp³-hybridized carbons (Fsp3) is 0.500. The molecule has 0 fully saturated rings. The van der Waals surface area contributed by atoms with Crippen molar-refractivity contribution in [3.05, 3.63) is 22.4 Å². The van der Waals surface area contributed by atoms with Crippen LogP contribution < -0.4 is 0 Å². The predicted octanol–water partition coefficient (Wildman–Crippen LogP) is 2.72. The lowest BCUT2D eigenvalue weighted by Crippen LogP contribution is -2.34. The molecule has 1 amide bonds. The number of thiophene rings is 1. The molecule has 1 unspecified atom stereocenters. The summed E-state index contributed by atoms with van der Waals surface area (Å²) >= 11 is 7.41. The molecule has 0 aliphatic rings. The van der Waals surface area contributed by atoms with Crippen molar-refractivity contribution in [1.82, 2.24) is 4.90 Å². The highest BCUT2D eigenvalue weighted by atomic mass is 35.5. The van der Waals surface area contributed by atoms with Crippen LogP contribution in [-0.2, 0) is 11.3 Å². The van der Waals surface area contributed by atoms with Crippen molar-refractivity contribution in [2.45, 2.75) is 25.8 Å². The first-order valence-electron chi connectivity index (χ1n) is 4.60. The molecular weight excluding hydrogens is 218 g/mol. The monoisotopic (exact) mass is 231 g/mol. The summed E-state index contributed by atoms with van der Waals surface area (Å²) in [6.07, 6.45) is 0. The van der Waals surface area contributed by atoms with E-state index in [2.05, 4.69) is 0 Å². The predicted molar refractivity (Wildman–Crippen MR) is 60.7 cm³/mol. The Morgan fingerprint density at radius 1 is 1.71 bits per heavy atom. The molecule has 0 N–H and O–H groups in total.